The van der Waals surface area contributed by atoms with E-state index in [1.807, 2.05) is 0 Å². The van der Waals surface area contributed by atoms with E-state index in [2.05, 4.69) is 25.5 Å². The fraction of sp³-hybridized carbons (Fsp3) is 0.176. The van der Waals surface area contributed by atoms with Crippen molar-refractivity contribution in [3.05, 3.63) is 35.6 Å². The van der Waals surface area contributed by atoms with Gasteiger partial charge in [0.25, 0.3) is 0 Å². The molecule has 138 valence electrons. The zero-order valence-electron chi connectivity index (χ0n) is 14.0. The average Bonchev–Trinajstić information content (AvgIpc) is 3.37. The summed E-state index contributed by atoms with van der Waals surface area (Å²) in [7, 11) is 0. The minimum Gasteiger partial charge on any atom is -0.395 e. The Labute approximate surface area is 157 Å². The van der Waals surface area contributed by atoms with E-state index >= 15 is 0 Å². The number of hydrogen-bond acceptors (Lipinski definition) is 5. The first kappa shape index (κ1) is 17.2. The molecule has 0 spiro atoms. The standard InChI is InChI=1S/C14H9ClFN7O.C3H6/c15-11-10(6-1-20-22-14(6)13(17)12(11)16)7-3-23-4-8(19-5-24)21-9(23)2-18-7;1-2-3-1/h1-5H,17H2,(H,19,24)(H,20,22);1-3H2. The molecule has 1 aromatic carbocycles. The van der Waals surface area contributed by atoms with Crippen LogP contribution in [-0.4, -0.2) is 31.0 Å². The molecule has 3 aromatic heterocycles. The van der Waals surface area contributed by atoms with Crippen LogP contribution in [-0.2, 0) is 4.79 Å². The summed E-state index contributed by atoms with van der Waals surface area (Å²) in [4.78, 5) is 18.9. The molecule has 0 atom stereocenters. The fourth-order valence-corrected chi connectivity index (χ4v) is 2.85. The lowest BCUT2D eigenvalue weighted by molar-refractivity contribution is -0.105. The van der Waals surface area contributed by atoms with Gasteiger partial charge in [0.05, 0.1) is 40.5 Å². The summed E-state index contributed by atoms with van der Waals surface area (Å²) in [5, 5.41) is 9.42. The maximum absolute atomic E-state index is 14.3. The molecule has 5 rings (SSSR count). The van der Waals surface area contributed by atoms with E-state index < -0.39 is 5.82 Å². The van der Waals surface area contributed by atoms with Gasteiger partial charge in [-0.3, -0.25) is 14.9 Å². The van der Waals surface area contributed by atoms with Crippen LogP contribution >= 0.6 is 11.6 Å². The Balaban J connectivity index is 0.000000547. The zero-order valence-corrected chi connectivity index (χ0v) is 14.8. The van der Waals surface area contributed by atoms with Crippen LogP contribution in [0.1, 0.15) is 19.3 Å². The third-order valence-electron chi connectivity index (χ3n) is 3.98. The number of carbonyl (C=O) groups is 1. The number of amides is 1. The van der Waals surface area contributed by atoms with Crippen molar-refractivity contribution in [3.63, 3.8) is 0 Å². The highest BCUT2D eigenvalue weighted by atomic mass is 35.5. The number of H-pyrrole nitrogens is 1. The van der Waals surface area contributed by atoms with Crippen molar-refractivity contribution in [1.29, 1.82) is 0 Å². The molecule has 4 N–H and O–H groups in total. The SMILES string of the molecule is C1CC1.Nc1c(F)c(Cl)c(-c2cn3cc(NC=O)nc3cn2)c2cn[nH]c12. The Hall–Kier alpha value is -3.20. The smallest absolute Gasteiger partial charge is 0.212 e. The number of hydrogen-bond donors (Lipinski definition) is 3. The molecule has 0 bridgehead atoms. The van der Waals surface area contributed by atoms with Gasteiger partial charge in [-0.2, -0.15) is 5.10 Å². The predicted octanol–water partition coefficient (Wildman–Crippen LogP) is 3.39. The molecular formula is C17H15ClFN7O. The first-order chi connectivity index (χ1) is 13.1. The molecule has 1 amide bonds. The highest BCUT2D eigenvalue weighted by Crippen LogP contribution is 2.39. The fourth-order valence-electron chi connectivity index (χ4n) is 2.55. The molecule has 4 aromatic rings. The molecule has 1 aliphatic carbocycles. The van der Waals surface area contributed by atoms with Gasteiger partial charge in [-0.05, 0) is 0 Å². The molecule has 0 radical (unpaired) electrons. The van der Waals surface area contributed by atoms with Crippen LogP contribution in [0.4, 0.5) is 15.9 Å². The Morgan fingerprint density at radius 2 is 2.07 bits per heavy atom. The Morgan fingerprint density at radius 3 is 2.78 bits per heavy atom. The number of nitrogens with zero attached hydrogens (tertiary/aromatic N) is 4. The van der Waals surface area contributed by atoms with Crippen LogP contribution in [0.25, 0.3) is 27.8 Å². The van der Waals surface area contributed by atoms with Crippen LogP contribution in [0.2, 0.25) is 5.02 Å². The Kier molecular flexibility index (Phi) is 4.36. The molecule has 27 heavy (non-hydrogen) atoms. The lowest BCUT2D eigenvalue weighted by Crippen LogP contribution is -1.98. The second kappa shape index (κ2) is 6.84. The van der Waals surface area contributed by atoms with Gasteiger partial charge in [0.15, 0.2) is 17.3 Å². The second-order valence-corrected chi connectivity index (χ2v) is 6.44. The molecule has 1 aliphatic rings. The summed E-state index contributed by atoms with van der Waals surface area (Å²) in [5.74, 6) is -0.369. The topological polar surface area (TPSA) is 114 Å². The van der Waals surface area contributed by atoms with Crippen molar-refractivity contribution in [3.8, 4) is 11.3 Å². The molecule has 1 fully saturated rings. The third kappa shape index (κ3) is 3.17. The van der Waals surface area contributed by atoms with Crippen LogP contribution in [0.3, 0.4) is 0 Å². The maximum atomic E-state index is 14.3. The van der Waals surface area contributed by atoms with Crippen LogP contribution in [0, 0.1) is 5.82 Å². The number of aromatic amines is 1. The highest BCUT2D eigenvalue weighted by molar-refractivity contribution is 6.35. The van der Waals surface area contributed by atoms with Crippen LogP contribution < -0.4 is 11.1 Å². The van der Waals surface area contributed by atoms with Gasteiger partial charge in [0.1, 0.15) is 0 Å². The van der Waals surface area contributed by atoms with E-state index in [0.29, 0.717) is 40.0 Å². The van der Waals surface area contributed by atoms with E-state index in [9.17, 15) is 9.18 Å². The number of fused-ring (bicyclic) bond motifs is 2. The van der Waals surface area contributed by atoms with E-state index in [0.717, 1.165) is 0 Å². The number of benzene rings is 1. The molecule has 0 unspecified atom stereocenters. The molecule has 0 aliphatic heterocycles. The first-order valence-corrected chi connectivity index (χ1v) is 8.62. The van der Waals surface area contributed by atoms with Crippen LogP contribution in [0.15, 0.2) is 24.8 Å². The number of nitrogens with two attached hydrogens (primary N) is 1. The van der Waals surface area contributed by atoms with E-state index in [1.165, 1.54) is 31.7 Å². The van der Waals surface area contributed by atoms with E-state index in [4.69, 9.17) is 17.3 Å². The average molecular weight is 388 g/mol. The van der Waals surface area contributed by atoms with Crippen molar-refractivity contribution in [2.45, 2.75) is 19.3 Å². The Morgan fingerprint density at radius 1 is 1.30 bits per heavy atom. The van der Waals surface area contributed by atoms with E-state index in [1.54, 1.807) is 16.8 Å². The van der Waals surface area contributed by atoms with Crippen molar-refractivity contribution in [1.82, 2.24) is 24.6 Å². The largest absolute Gasteiger partial charge is 0.395 e. The summed E-state index contributed by atoms with van der Waals surface area (Å²) in [6, 6.07) is 0. The number of aromatic nitrogens is 5. The number of carbonyl (C=O) groups excluding carboxylic acids is 1. The monoisotopic (exact) mass is 387 g/mol. The summed E-state index contributed by atoms with van der Waals surface area (Å²) in [6.07, 6.45) is 11.2. The molecule has 1 saturated carbocycles. The zero-order chi connectivity index (χ0) is 19.0. The van der Waals surface area contributed by atoms with Gasteiger partial charge in [-0.15, -0.1) is 0 Å². The summed E-state index contributed by atoms with van der Waals surface area (Å²) >= 11 is 6.15. The first-order valence-electron chi connectivity index (χ1n) is 8.25. The summed E-state index contributed by atoms with van der Waals surface area (Å²) in [5.41, 5.74) is 7.27. The quantitative estimate of drug-likeness (QED) is 0.368. The second-order valence-electron chi connectivity index (χ2n) is 6.06. The van der Waals surface area contributed by atoms with Gasteiger partial charge >= 0.3 is 0 Å². The number of imidazole rings is 1. The number of halogens is 2. The number of nitrogen functional groups attached to an aromatic ring is 1. The van der Waals surface area contributed by atoms with E-state index in [-0.39, 0.29) is 10.7 Å². The van der Waals surface area contributed by atoms with Gasteiger partial charge in [0, 0.05) is 17.1 Å². The van der Waals surface area contributed by atoms with Gasteiger partial charge in [0.2, 0.25) is 6.41 Å². The maximum Gasteiger partial charge on any atom is 0.212 e. The minimum absolute atomic E-state index is 0.0996. The summed E-state index contributed by atoms with van der Waals surface area (Å²) < 4.78 is 15.9. The molecule has 10 heteroatoms. The van der Waals surface area contributed by atoms with Crippen molar-refractivity contribution >= 4 is 46.1 Å². The van der Waals surface area contributed by atoms with Gasteiger partial charge in [-0.1, -0.05) is 30.9 Å². The van der Waals surface area contributed by atoms with Crippen molar-refractivity contribution < 1.29 is 9.18 Å². The van der Waals surface area contributed by atoms with Crippen LogP contribution in [0.5, 0.6) is 0 Å². The van der Waals surface area contributed by atoms with Gasteiger partial charge < -0.3 is 15.5 Å². The number of anilines is 2. The molecule has 3 heterocycles. The highest BCUT2D eigenvalue weighted by Gasteiger charge is 2.20. The number of nitrogens with one attached hydrogen (secondary N) is 2. The minimum atomic E-state index is -0.737. The molecule has 8 nitrogen and oxygen atoms in total. The molecular weight excluding hydrogens is 373 g/mol. The molecule has 0 saturated heterocycles. The lowest BCUT2D eigenvalue weighted by Gasteiger charge is -2.09. The third-order valence-corrected chi connectivity index (χ3v) is 4.34. The lowest BCUT2D eigenvalue weighted by atomic mass is 10.1. The number of rotatable bonds is 3. The van der Waals surface area contributed by atoms with Crippen molar-refractivity contribution in [2.24, 2.45) is 0 Å². The normalized spacial score (nSPS) is 12.7. The van der Waals surface area contributed by atoms with Crippen molar-refractivity contribution in [2.75, 3.05) is 11.1 Å². The predicted molar refractivity (Wildman–Crippen MR) is 101 cm³/mol. The summed E-state index contributed by atoms with van der Waals surface area (Å²) in [6.45, 7) is 0. The van der Waals surface area contributed by atoms with Gasteiger partial charge in [-0.25, -0.2) is 9.37 Å². The Bertz CT molecular complexity index is 1150.